The molecule has 1 N–H and O–H groups in total. The molecule has 130 valence electrons. The Kier molecular flexibility index (Phi) is 5.23. The van der Waals surface area contributed by atoms with Crippen molar-refractivity contribution in [1.82, 2.24) is 14.7 Å². The van der Waals surface area contributed by atoms with Crippen LogP contribution in [-0.4, -0.2) is 41.2 Å². The highest BCUT2D eigenvalue weighted by atomic mass is 19.4. The van der Waals surface area contributed by atoms with Gasteiger partial charge in [0.2, 0.25) is 0 Å². The van der Waals surface area contributed by atoms with Gasteiger partial charge in [-0.05, 0) is 32.3 Å². The van der Waals surface area contributed by atoms with Gasteiger partial charge in [0.05, 0.1) is 12.1 Å². The van der Waals surface area contributed by atoms with E-state index in [0.29, 0.717) is 18.7 Å². The highest BCUT2D eigenvalue weighted by molar-refractivity contribution is 6.03. The molecule has 1 amide bonds. The number of amides is 1. The minimum atomic E-state index is -4.87. The van der Waals surface area contributed by atoms with E-state index in [-0.39, 0.29) is 11.4 Å². The van der Waals surface area contributed by atoms with E-state index in [0.717, 1.165) is 12.6 Å². The predicted octanol–water partition coefficient (Wildman–Crippen LogP) is 2.85. The van der Waals surface area contributed by atoms with Gasteiger partial charge in [0.1, 0.15) is 5.82 Å². The van der Waals surface area contributed by atoms with Crippen LogP contribution in [0.2, 0.25) is 0 Å². The van der Waals surface area contributed by atoms with E-state index in [2.05, 4.69) is 10.4 Å². The number of likely N-dealkylation sites (N-methyl/N-ethyl adjacent to an activating group) is 1. The number of carbonyl (C=O) groups excluding carboxylic acids is 1. The number of nitrogens with one attached hydrogen (secondary N) is 1. The SMILES string of the molecule is CN(C)CCn1ccc(NC(=O)c2ccc(F)c(C(F)(F)F)c2)n1. The monoisotopic (exact) mass is 344 g/mol. The first-order chi connectivity index (χ1) is 11.2. The second-order valence-electron chi connectivity index (χ2n) is 5.41. The summed E-state index contributed by atoms with van der Waals surface area (Å²) in [7, 11) is 3.80. The molecule has 1 aromatic heterocycles. The van der Waals surface area contributed by atoms with E-state index in [1.807, 2.05) is 19.0 Å². The Morgan fingerprint density at radius 3 is 2.62 bits per heavy atom. The number of halogens is 4. The molecule has 5 nitrogen and oxygen atoms in total. The van der Waals surface area contributed by atoms with Crippen LogP contribution in [0.3, 0.4) is 0 Å². The number of hydrogen-bond donors (Lipinski definition) is 1. The topological polar surface area (TPSA) is 50.2 Å². The Bertz CT molecular complexity index is 725. The van der Waals surface area contributed by atoms with Gasteiger partial charge in [-0.15, -0.1) is 0 Å². The van der Waals surface area contributed by atoms with Crippen molar-refractivity contribution in [2.75, 3.05) is 26.0 Å². The largest absolute Gasteiger partial charge is 0.419 e. The van der Waals surface area contributed by atoms with Gasteiger partial charge in [-0.2, -0.15) is 18.3 Å². The van der Waals surface area contributed by atoms with Crippen LogP contribution in [-0.2, 0) is 12.7 Å². The zero-order chi connectivity index (χ0) is 17.9. The summed E-state index contributed by atoms with van der Waals surface area (Å²) in [5.41, 5.74) is -1.78. The lowest BCUT2D eigenvalue weighted by atomic mass is 10.1. The number of aromatic nitrogens is 2. The lowest BCUT2D eigenvalue weighted by Crippen LogP contribution is -2.19. The Hall–Kier alpha value is -2.42. The fourth-order valence-electron chi connectivity index (χ4n) is 1.93. The molecule has 0 radical (unpaired) electrons. The third-order valence-electron chi connectivity index (χ3n) is 3.19. The van der Waals surface area contributed by atoms with Crippen molar-refractivity contribution in [3.63, 3.8) is 0 Å². The Morgan fingerprint density at radius 1 is 1.29 bits per heavy atom. The van der Waals surface area contributed by atoms with Gasteiger partial charge in [0, 0.05) is 24.4 Å². The van der Waals surface area contributed by atoms with E-state index in [1.165, 1.54) is 6.07 Å². The molecule has 0 saturated heterocycles. The van der Waals surface area contributed by atoms with Crippen molar-refractivity contribution in [2.45, 2.75) is 12.7 Å². The standard InChI is InChI=1S/C15H16F4N4O/c1-22(2)7-8-23-6-5-13(21-23)20-14(24)10-3-4-12(16)11(9-10)15(17,18)19/h3-6,9H,7-8H2,1-2H3,(H,20,21,24). The zero-order valence-electron chi connectivity index (χ0n) is 13.1. The van der Waals surface area contributed by atoms with E-state index in [1.54, 1.807) is 10.9 Å². The number of nitrogens with zero attached hydrogens (tertiary/aromatic N) is 3. The van der Waals surface area contributed by atoms with E-state index in [4.69, 9.17) is 0 Å². The van der Waals surface area contributed by atoms with Crippen LogP contribution in [0.15, 0.2) is 30.5 Å². The zero-order valence-corrected chi connectivity index (χ0v) is 13.1. The highest BCUT2D eigenvalue weighted by Crippen LogP contribution is 2.32. The molecule has 0 aliphatic heterocycles. The molecule has 0 aliphatic rings. The number of alkyl halides is 3. The van der Waals surface area contributed by atoms with Crippen molar-refractivity contribution in [3.8, 4) is 0 Å². The first-order valence-electron chi connectivity index (χ1n) is 7.03. The third-order valence-corrected chi connectivity index (χ3v) is 3.19. The van der Waals surface area contributed by atoms with Crippen LogP contribution in [0.5, 0.6) is 0 Å². The molecule has 24 heavy (non-hydrogen) atoms. The normalized spacial score (nSPS) is 11.8. The van der Waals surface area contributed by atoms with E-state index < -0.39 is 23.5 Å². The van der Waals surface area contributed by atoms with Gasteiger partial charge in [0.25, 0.3) is 5.91 Å². The average Bonchev–Trinajstić information content (AvgIpc) is 2.91. The Labute approximate surface area is 135 Å². The lowest BCUT2D eigenvalue weighted by Gasteiger charge is -2.10. The first kappa shape index (κ1) is 17.9. The van der Waals surface area contributed by atoms with Crippen molar-refractivity contribution < 1.29 is 22.4 Å². The summed E-state index contributed by atoms with van der Waals surface area (Å²) in [5, 5.41) is 6.49. The van der Waals surface area contributed by atoms with Gasteiger partial charge in [-0.25, -0.2) is 4.39 Å². The number of rotatable bonds is 5. The summed E-state index contributed by atoms with van der Waals surface area (Å²) in [4.78, 5) is 14.0. The summed E-state index contributed by atoms with van der Waals surface area (Å²) in [5.74, 6) is -2.01. The van der Waals surface area contributed by atoms with Crippen molar-refractivity contribution in [3.05, 3.63) is 47.4 Å². The van der Waals surface area contributed by atoms with Gasteiger partial charge in [0.15, 0.2) is 5.82 Å². The summed E-state index contributed by atoms with van der Waals surface area (Å²) in [6.07, 6.45) is -3.22. The second-order valence-corrected chi connectivity index (χ2v) is 5.41. The number of benzene rings is 1. The van der Waals surface area contributed by atoms with Gasteiger partial charge in [-0.1, -0.05) is 0 Å². The fourth-order valence-corrected chi connectivity index (χ4v) is 1.93. The number of anilines is 1. The van der Waals surface area contributed by atoms with Crippen molar-refractivity contribution >= 4 is 11.7 Å². The fraction of sp³-hybridized carbons (Fsp3) is 0.333. The minimum absolute atomic E-state index is 0.205. The minimum Gasteiger partial charge on any atom is -0.308 e. The number of hydrogen-bond acceptors (Lipinski definition) is 3. The molecule has 1 aromatic carbocycles. The second kappa shape index (κ2) is 7.00. The molecule has 0 bridgehead atoms. The molecule has 0 unspecified atom stereocenters. The van der Waals surface area contributed by atoms with E-state index >= 15 is 0 Å². The molecule has 1 heterocycles. The maximum absolute atomic E-state index is 13.2. The molecule has 2 rings (SSSR count). The molecule has 0 saturated carbocycles. The quantitative estimate of drug-likeness (QED) is 0.849. The van der Waals surface area contributed by atoms with Crippen molar-refractivity contribution in [1.29, 1.82) is 0 Å². The van der Waals surface area contributed by atoms with E-state index in [9.17, 15) is 22.4 Å². The van der Waals surface area contributed by atoms with Gasteiger partial charge >= 0.3 is 6.18 Å². The van der Waals surface area contributed by atoms with Crippen LogP contribution in [0.4, 0.5) is 23.4 Å². The molecular weight excluding hydrogens is 328 g/mol. The molecule has 2 aromatic rings. The first-order valence-corrected chi connectivity index (χ1v) is 7.03. The molecule has 0 aliphatic carbocycles. The van der Waals surface area contributed by atoms with Crippen LogP contribution >= 0.6 is 0 Å². The number of carbonyl (C=O) groups is 1. The summed E-state index contributed by atoms with van der Waals surface area (Å²) < 4.78 is 52.9. The predicted molar refractivity (Wildman–Crippen MR) is 80.1 cm³/mol. The Balaban J connectivity index is 2.10. The molecule has 0 atom stereocenters. The van der Waals surface area contributed by atoms with Crippen LogP contribution in [0.1, 0.15) is 15.9 Å². The Morgan fingerprint density at radius 2 is 2.00 bits per heavy atom. The highest BCUT2D eigenvalue weighted by Gasteiger charge is 2.34. The summed E-state index contributed by atoms with van der Waals surface area (Å²) in [6.45, 7) is 1.33. The summed E-state index contributed by atoms with van der Waals surface area (Å²) in [6, 6.07) is 3.62. The molecular formula is C15H16F4N4O. The van der Waals surface area contributed by atoms with Crippen LogP contribution < -0.4 is 5.32 Å². The maximum atomic E-state index is 13.2. The summed E-state index contributed by atoms with van der Waals surface area (Å²) >= 11 is 0. The average molecular weight is 344 g/mol. The van der Waals surface area contributed by atoms with Crippen molar-refractivity contribution in [2.24, 2.45) is 0 Å². The van der Waals surface area contributed by atoms with Gasteiger partial charge < -0.3 is 10.2 Å². The smallest absolute Gasteiger partial charge is 0.308 e. The van der Waals surface area contributed by atoms with Crippen LogP contribution in [0, 0.1) is 5.82 Å². The molecule has 0 fully saturated rings. The lowest BCUT2D eigenvalue weighted by molar-refractivity contribution is -0.140. The molecule has 0 spiro atoms. The third kappa shape index (κ3) is 4.54. The maximum Gasteiger partial charge on any atom is 0.419 e. The van der Waals surface area contributed by atoms with Gasteiger partial charge in [-0.3, -0.25) is 9.48 Å². The molecule has 9 heteroatoms. The van der Waals surface area contributed by atoms with Crippen LogP contribution in [0.25, 0.3) is 0 Å².